The standard InChI is InChI=1S/C18H42O7Si2/c1-9-10-15-25-18(2,13-11-16-26(19-3,20-4)21-5)14-12-17-27(22-6,23-7)24-8/h9-17H2,1-8H3. The predicted molar refractivity (Wildman–Crippen MR) is 111 cm³/mol. The highest BCUT2D eigenvalue weighted by molar-refractivity contribution is 6.60. The highest BCUT2D eigenvalue weighted by Gasteiger charge is 2.40. The summed E-state index contributed by atoms with van der Waals surface area (Å²) in [5, 5.41) is 0. The van der Waals surface area contributed by atoms with Crippen LogP contribution in [0, 0.1) is 0 Å². The molecule has 0 aliphatic heterocycles. The van der Waals surface area contributed by atoms with Gasteiger partial charge in [0.05, 0.1) is 5.60 Å². The van der Waals surface area contributed by atoms with Crippen LogP contribution in [0.5, 0.6) is 0 Å². The molecular formula is C18H42O7Si2. The summed E-state index contributed by atoms with van der Waals surface area (Å²) in [6.45, 7) is 5.13. The summed E-state index contributed by atoms with van der Waals surface area (Å²) >= 11 is 0. The Morgan fingerprint density at radius 2 is 1.00 bits per heavy atom. The van der Waals surface area contributed by atoms with Crippen molar-refractivity contribution in [3.63, 3.8) is 0 Å². The first kappa shape index (κ1) is 27.2. The molecule has 0 aromatic rings. The van der Waals surface area contributed by atoms with Crippen LogP contribution in [0.25, 0.3) is 0 Å². The largest absolute Gasteiger partial charge is 0.500 e. The van der Waals surface area contributed by atoms with Gasteiger partial charge in [0.15, 0.2) is 0 Å². The SMILES string of the molecule is CCCCOC(C)(CCC[Si](OC)(OC)OC)CCC[Si](OC)(OC)OC. The van der Waals surface area contributed by atoms with E-state index in [9.17, 15) is 0 Å². The van der Waals surface area contributed by atoms with Gasteiger partial charge in [-0.1, -0.05) is 13.3 Å². The summed E-state index contributed by atoms with van der Waals surface area (Å²) in [5.41, 5.74) is -0.208. The molecule has 0 aliphatic rings. The Hall–Kier alpha value is 0.154. The molecule has 27 heavy (non-hydrogen) atoms. The Bertz CT molecular complexity index is 321. The van der Waals surface area contributed by atoms with Gasteiger partial charge >= 0.3 is 17.6 Å². The van der Waals surface area contributed by atoms with E-state index in [-0.39, 0.29) is 5.60 Å². The van der Waals surface area contributed by atoms with E-state index >= 15 is 0 Å². The lowest BCUT2D eigenvalue weighted by molar-refractivity contribution is -0.0468. The lowest BCUT2D eigenvalue weighted by atomic mass is 9.94. The second-order valence-electron chi connectivity index (χ2n) is 6.95. The third-order valence-corrected chi connectivity index (χ3v) is 10.9. The second-order valence-corrected chi connectivity index (χ2v) is 13.1. The van der Waals surface area contributed by atoms with Crippen LogP contribution in [0.4, 0.5) is 0 Å². The van der Waals surface area contributed by atoms with Gasteiger partial charge in [-0.05, 0) is 39.0 Å². The Labute approximate surface area is 168 Å². The maximum absolute atomic E-state index is 6.29. The number of hydrogen-bond donors (Lipinski definition) is 0. The molecular weight excluding hydrogens is 384 g/mol. The zero-order valence-corrected chi connectivity index (χ0v) is 20.7. The maximum Gasteiger partial charge on any atom is 0.500 e. The van der Waals surface area contributed by atoms with E-state index in [1.807, 2.05) is 0 Å². The summed E-state index contributed by atoms with van der Waals surface area (Å²) in [6, 6.07) is 1.55. The van der Waals surface area contributed by atoms with Crippen molar-refractivity contribution < 1.29 is 31.3 Å². The minimum atomic E-state index is -2.54. The van der Waals surface area contributed by atoms with Crippen molar-refractivity contribution in [3.8, 4) is 0 Å². The van der Waals surface area contributed by atoms with E-state index in [2.05, 4.69) is 13.8 Å². The lowest BCUT2D eigenvalue weighted by Crippen LogP contribution is -2.43. The Kier molecular flexibility index (Phi) is 14.3. The molecule has 0 aromatic carbocycles. The van der Waals surface area contributed by atoms with Gasteiger partial charge in [0, 0.05) is 61.4 Å². The second kappa shape index (κ2) is 14.2. The fourth-order valence-electron chi connectivity index (χ4n) is 3.20. The molecule has 0 aliphatic carbocycles. The third kappa shape index (κ3) is 9.46. The van der Waals surface area contributed by atoms with Gasteiger partial charge in [0.2, 0.25) is 0 Å². The number of ether oxygens (including phenoxy) is 1. The quantitative estimate of drug-likeness (QED) is 0.243. The fourth-order valence-corrected chi connectivity index (χ4v) is 6.65. The minimum absolute atomic E-state index is 0.208. The summed E-state index contributed by atoms with van der Waals surface area (Å²) in [6.07, 6.45) is 5.87. The van der Waals surface area contributed by atoms with Crippen molar-refractivity contribution >= 4 is 17.6 Å². The molecule has 7 nitrogen and oxygen atoms in total. The molecule has 0 saturated carbocycles. The Morgan fingerprint density at radius 3 is 1.30 bits per heavy atom. The third-order valence-electron chi connectivity index (χ3n) is 5.19. The normalized spacial score (nSPS) is 13.3. The van der Waals surface area contributed by atoms with Gasteiger partial charge in [-0.2, -0.15) is 0 Å². The van der Waals surface area contributed by atoms with E-state index in [4.69, 9.17) is 31.3 Å². The average molecular weight is 427 g/mol. The average Bonchev–Trinajstić information content (AvgIpc) is 2.70. The van der Waals surface area contributed by atoms with Crippen LogP contribution in [0.2, 0.25) is 12.1 Å². The number of rotatable bonds is 18. The van der Waals surface area contributed by atoms with Crippen molar-refractivity contribution in [3.05, 3.63) is 0 Å². The van der Waals surface area contributed by atoms with Crippen LogP contribution in [0.1, 0.15) is 52.4 Å². The van der Waals surface area contributed by atoms with Crippen molar-refractivity contribution in [1.29, 1.82) is 0 Å². The highest BCUT2D eigenvalue weighted by Crippen LogP contribution is 2.30. The van der Waals surface area contributed by atoms with Crippen LogP contribution in [-0.2, 0) is 31.3 Å². The van der Waals surface area contributed by atoms with Gasteiger partial charge in [0.25, 0.3) is 0 Å². The first-order valence-corrected chi connectivity index (χ1v) is 13.7. The summed E-state index contributed by atoms with van der Waals surface area (Å²) in [7, 11) is 4.84. The molecule has 0 fully saturated rings. The van der Waals surface area contributed by atoms with Gasteiger partial charge < -0.3 is 31.3 Å². The molecule has 0 spiro atoms. The summed E-state index contributed by atoms with van der Waals surface area (Å²) in [4.78, 5) is 0. The molecule has 0 aromatic heterocycles. The Balaban J connectivity index is 4.79. The lowest BCUT2D eigenvalue weighted by Gasteiger charge is -2.33. The van der Waals surface area contributed by atoms with E-state index in [1.165, 1.54) is 0 Å². The molecule has 0 rings (SSSR count). The molecule has 0 heterocycles. The van der Waals surface area contributed by atoms with E-state index in [0.717, 1.165) is 57.2 Å². The number of unbranched alkanes of at least 4 members (excludes halogenated alkanes) is 1. The molecule has 0 saturated heterocycles. The first-order chi connectivity index (χ1) is 12.8. The molecule has 0 radical (unpaired) electrons. The van der Waals surface area contributed by atoms with Crippen molar-refractivity contribution in [2.24, 2.45) is 0 Å². The van der Waals surface area contributed by atoms with Crippen molar-refractivity contribution in [2.75, 3.05) is 49.3 Å². The maximum atomic E-state index is 6.29. The van der Waals surface area contributed by atoms with E-state index in [1.54, 1.807) is 42.7 Å². The van der Waals surface area contributed by atoms with Crippen LogP contribution >= 0.6 is 0 Å². The van der Waals surface area contributed by atoms with E-state index in [0.29, 0.717) is 0 Å². The molecule has 0 amide bonds. The van der Waals surface area contributed by atoms with Crippen LogP contribution in [0.15, 0.2) is 0 Å². The summed E-state index contributed by atoms with van der Waals surface area (Å²) in [5.74, 6) is 0. The van der Waals surface area contributed by atoms with Gasteiger partial charge in [0.1, 0.15) is 0 Å². The number of hydrogen-bond acceptors (Lipinski definition) is 7. The molecule has 0 bridgehead atoms. The summed E-state index contributed by atoms with van der Waals surface area (Å²) < 4.78 is 39.5. The minimum Gasteiger partial charge on any atom is -0.377 e. The molecule has 0 atom stereocenters. The molecule has 0 N–H and O–H groups in total. The predicted octanol–water partition coefficient (Wildman–Crippen LogP) is 3.88. The zero-order chi connectivity index (χ0) is 20.8. The van der Waals surface area contributed by atoms with Gasteiger partial charge in [-0.25, -0.2) is 0 Å². The van der Waals surface area contributed by atoms with Gasteiger partial charge in [-0.3, -0.25) is 0 Å². The van der Waals surface area contributed by atoms with Crippen LogP contribution < -0.4 is 0 Å². The fraction of sp³-hybridized carbons (Fsp3) is 1.00. The van der Waals surface area contributed by atoms with Crippen LogP contribution in [-0.4, -0.2) is 72.5 Å². The zero-order valence-electron chi connectivity index (χ0n) is 18.7. The Morgan fingerprint density at radius 1 is 0.630 bits per heavy atom. The van der Waals surface area contributed by atoms with Crippen LogP contribution in [0.3, 0.4) is 0 Å². The molecule has 0 unspecified atom stereocenters. The topological polar surface area (TPSA) is 64.6 Å². The molecule has 9 heteroatoms. The smallest absolute Gasteiger partial charge is 0.377 e. The molecule has 164 valence electrons. The van der Waals surface area contributed by atoms with Crippen molar-refractivity contribution in [1.82, 2.24) is 0 Å². The van der Waals surface area contributed by atoms with E-state index < -0.39 is 17.6 Å². The monoisotopic (exact) mass is 426 g/mol. The first-order valence-electron chi connectivity index (χ1n) is 9.79. The highest BCUT2D eigenvalue weighted by atomic mass is 28.4. The van der Waals surface area contributed by atoms with Gasteiger partial charge in [-0.15, -0.1) is 0 Å². The van der Waals surface area contributed by atoms with Crippen molar-refractivity contribution in [2.45, 2.75) is 70.1 Å².